The Bertz CT molecular complexity index is 1010. The number of rotatable bonds is 5. The van der Waals surface area contributed by atoms with Gasteiger partial charge in [0.15, 0.2) is 11.2 Å². The summed E-state index contributed by atoms with van der Waals surface area (Å²) in [5.74, 6) is 1.17. The molecular formula is C15H16ClN5O3. The van der Waals surface area contributed by atoms with Gasteiger partial charge in [-0.05, 0) is 19.1 Å². The number of hydrogen-bond acceptors (Lipinski definition) is 5. The molecule has 0 aliphatic rings. The van der Waals surface area contributed by atoms with Gasteiger partial charge in [-0.2, -0.15) is 4.98 Å². The summed E-state index contributed by atoms with van der Waals surface area (Å²) in [4.78, 5) is 30.7. The average molecular weight is 350 g/mol. The van der Waals surface area contributed by atoms with Crippen molar-refractivity contribution in [2.45, 2.75) is 20.0 Å². The highest BCUT2D eigenvalue weighted by molar-refractivity contribution is 6.29. The van der Waals surface area contributed by atoms with E-state index in [0.29, 0.717) is 35.2 Å². The van der Waals surface area contributed by atoms with Crippen LogP contribution in [0.2, 0.25) is 0 Å². The summed E-state index contributed by atoms with van der Waals surface area (Å²) in [7, 11) is 1.55. The minimum absolute atomic E-state index is 0.298. The summed E-state index contributed by atoms with van der Waals surface area (Å²) < 4.78 is 8.24. The first kappa shape index (κ1) is 16.1. The van der Waals surface area contributed by atoms with Crippen LogP contribution >= 0.6 is 11.6 Å². The molecule has 0 aromatic carbocycles. The Balaban J connectivity index is 2.12. The van der Waals surface area contributed by atoms with Gasteiger partial charge in [0, 0.05) is 18.6 Å². The highest BCUT2D eigenvalue weighted by Crippen LogP contribution is 2.17. The fourth-order valence-electron chi connectivity index (χ4n) is 2.34. The van der Waals surface area contributed by atoms with Gasteiger partial charge in [-0.1, -0.05) is 17.7 Å². The first-order valence-corrected chi connectivity index (χ1v) is 7.63. The number of aromatic amines is 1. The zero-order valence-electron chi connectivity index (χ0n) is 13.2. The van der Waals surface area contributed by atoms with Crippen molar-refractivity contribution >= 4 is 28.7 Å². The molecule has 3 heterocycles. The van der Waals surface area contributed by atoms with E-state index in [1.54, 1.807) is 36.9 Å². The monoisotopic (exact) mass is 349 g/mol. The van der Waals surface area contributed by atoms with Gasteiger partial charge in [0.2, 0.25) is 5.95 Å². The molecule has 0 amide bonds. The SMILES string of the molecule is C/C(Cl)=C/Cn1c(NCc2ccco2)nc2c1c(=O)[nH]c(=O)n2C. The van der Waals surface area contributed by atoms with E-state index in [4.69, 9.17) is 16.0 Å². The van der Waals surface area contributed by atoms with Crippen LogP contribution in [0, 0.1) is 0 Å². The van der Waals surface area contributed by atoms with Crippen LogP contribution in [0.3, 0.4) is 0 Å². The summed E-state index contributed by atoms with van der Waals surface area (Å²) in [5.41, 5.74) is -0.411. The topological polar surface area (TPSA) is 97.8 Å². The number of nitrogens with one attached hydrogen (secondary N) is 2. The molecule has 126 valence electrons. The fraction of sp³-hybridized carbons (Fsp3) is 0.267. The smallest absolute Gasteiger partial charge is 0.329 e. The van der Waals surface area contributed by atoms with Gasteiger partial charge in [0.25, 0.3) is 5.56 Å². The molecule has 24 heavy (non-hydrogen) atoms. The van der Waals surface area contributed by atoms with E-state index >= 15 is 0 Å². The second-order valence-electron chi connectivity index (χ2n) is 5.26. The lowest BCUT2D eigenvalue weighted by atomic mass is 10.4. The second-order valence-corrected chi connectivity index (χ2v) is 5.86. The highest BCUT2D eigenvalue weighted by atomic mass is 35.5. The number of furan rings is 1. The van der Waals surface area contributed by atoms with Gasteiger partial charge in [-0.3, -0.25) is 14.3 Å². The number of H-pyrrole nitrogens is 1. The fourth-order valence-corrected chi connectivity index (χ4v) is 2.41. The Morgan fingerprint density at radius 3 is 2.96 bits per heavy atom. The number of aryl methyl sites for hydroxylation is 1. The third kappa shape index (κ3) is 3.00. The molecule has 0 saturated heterocycles. The van der Waals surface area contributed by atoms with Crippen LogP contribution < -0.4 is 16.6 Å². The highest BCUT2D eigenvalue weighted by Gasteiger charge is 2.16. The van der Waals surface area contributed by atoms with E-state index in [1.807, 2.05) is 6.07 Å². The van der Waals surface area contributed by atoms with Crippen LogP contribution in [0.1, 0.15) is 12.7 Å². The first-order valence-electron chi connectivity index (χ1n) is 7.25. The normalized spacial score (nSPS) is 12.0. The molecule has 0 aliphatic heterocycles. The quantitative estimate of drug-likeness (QED) is 0.731. The Morgan fingerprint density at radius 1 is 1.50 bits per heavy atom. The summed E-state index contributed by atoms with van der Waals surface area (Å²) in [6.45, 7) is 2.48. The lowest BCUT2D eigenvalue weighted by Gasteiger charge is -2.07. The largest absolute Gasteiger partial charge is 0.467 e. The molecule has 9 heteroatoms. The number of imidazole rings is 1. The van der Waals surface area contributed by atoms with E-state index in [-0.39, 0.29) is 0 Å². The molecule has 8 nitrogen and oxygen atoms in total. The van der Waals surface area contributed by atoms with Crippen LogP contribution in [0.4, 0.5) is 5.95 Å². The third-order valence-corrected chi connectivity index (χ3v) is 3.72. The number of allylic oxidation sites excluding steroid dienone is 2. The van der Waals surface area contributed by atoms with Gasteiger partial charge in [-0.15, -0.1) is 0 Å². The van der Waals surface area contributed by atoms with Crippen LogP contribution in [0.5, 0.6) is 0 Å². The van der Waals surface area contributed by atoms with Gasteiger partial charge in [-0.25, -0.2) is 4.79 Å². The number of fused-ring (bicyclic) bond motifs is 1. The molecule has 0 radical (unpaired) electrons. The van der Waals surface area contributed by atoms with Crippen LogP contribution in [-0.2, 0) is 20.1 Å². The summed E-state index contributed by atoms with van der Waals surface area (Å²) >= 11 is 5.90. The molecule has 0 spiro atoms. The second kappa shape index (κ2) is 6.40. The van der Waals surface area contributed by atoms with Crippen molar-refractivity contribution in [3.8, 4) is 0 Å². The molecule has 0 fully saturated rings. The van der Waals surface area contributed by atoms with E-state index < -0.39 is 11.2 Å². The maximum Gasteiger partial charge on any atom is 0.329 e. The number of hydrogen-bond donors (Lipinski definition) is 2. The Hall–Kier alpha value is -2.74. The van der Waals surface area contributed by atoms with Crippen LogP contribution in [0.25, 0.3) is 11.2 Å². The van der Waals surface area contributed by atoms with E-state index in [1.165, 1.54) is 4.57 Å². The molecule has 0 unspecified atom stereocenters. The number of anilines is 1. The van der Waals surface area contributed by atoms with Crippen molar-refractivity contribution in [1.29, 1.82) is 0 Å². The third-order valence-electron chi connectivity index (χ3n) is 3.56. The minimum atomic E-state index is -0.515. The van der Waals surface area contributed by atoms with Gasteiger partial charge in [0.05, 0.1) is 12.8 Å². The van der Waals surface area contributed by atoms with Crippen molar-refractivity contribution < 1.29 is 4.42 Å². The molecule has 0 bridgehead atoms. The van der Waals surface area contributed by atoms with Crippen molar-refractivity contribution in [2.24, 2.45) is 7.05 Å². The van der Waals surface area contributed by atoms with Gasteiger partial charge >= 0.3 is 5.69 Å². The van der Waals surface area contributed by atoms with Crippen molar-refractivity contribution in [3.05, 3.63) is 56.1 Å². The van der Waals surface area contributed by atoms with E-state index in [9.17, 15) is 9.59 Å². The Labute approximate surface area is 141 Å². The van der Waals surface area contributed by atoms with E-state index in [0.717, 1.165) is 5.76 Å². The van der Waals surface area contributed by atoms with Crippen LogP contribution in [0.15, 0.2) is 43.5 Å². The van der Waals surface area contributed by atoms with Gasteiger partial charge in [0.1, 0.15) is 5.76 Å². The lowest BCUT2D eigenvalue weighted by Crippen LogP contribution is -2.29. The predicted molar refractivity (Wildman–Crippen MR) is 91.2 cm³/mol. The van der Waals surface area contributed by atoms with E-state index in [2.05, 4.69) is 15.3 Å². The van der Waals surface area contributed by atoms with Gasteiger partial charge < -0.3 is 14.3 Å². The van der Waals surface area contributed by atoms with Crippen molar-refractivity contribution in [1.82, 2.24) is 19.1 Å². The number of aromatic nitrogens is 4. The summed E-state index contributed by atoms with van der Waals surface area (Å²) in [6, 6.07) is 3.61. The molecule has 3 aromatic heterocycles. The zero-order chi connectivity index (χ0) is 17.3. The molecule has 3 rings (SSSR count). The minimum Gasteiger partial charge on any atom is -0.467 e. The predicted octanol–water partition coefficient (Wildman–Crippen LogP) is 1.77. The molecule has 0 atom stereocenters. The van der Waals surface area contributed by atoms with Crippen molar-refractivity contribution in [3.63, 3.8) is 0 Å². The lowest BCUT2D eigenvalue weighted by molar-refractivity contribution is 0.517. The molecule has 0 aliphatic carbocycles. The molecule has 2 N–H and O–H groups in total. The molecule has 3 aromatic rings. The number of halogens is 1. The zero-order valence-corrected chi connectivity index (χ0v) is 13.9. The maximum absolute atomic E-state index is 12.2. The standard InChI is InChI=1S/C15H16ClN5O3/c1-9(16)5-6-21-11-12(20(2)15(23)19-13(11)22)18-14(21)17-8-10-4-3-7-24-10/h3-5,7H,6,8H2,1-2H3,(H,17,18)(H,19,22,23)/b9-5-. The first-order chi connectivity index (χ1) is 11.5. The molecular weight excluding hydrogens is 334 g/mol. The van der Waals surface area contributed by atoms with Crippen molar-refractivity contribution in [2.75, 3.05) is 5.32 Å². The van der Waals surface area contributed by atoms with Crippen LogP contribution in [-0.4, -0.2) is 19.1 Å². The average Bonchev–Trinajstić information content (AvgIpc) is 3.16. The Kier molecular flexibility index (Phi) is 4.30. The summed E-state index contributed by atoms with van der Waals surface area (Å²) in [5, 5.41) is 3.71. The summed E-state index contributed by atoms with van der Waals surface area (Å²) in [6.07, 6.45) is 3.33. The molecule has 0 saturated carbocycles. The Morgan fingerprint density at radius 2 is 2.29 bits per heavy atom. The maximum atomic E-state index is 12.2. The number of nitrogens with zero attached hydrogens (tertiary/aromatic N) is 3.